The van der Waals surface area contributed by atoms with E-state index in [0.29, 0.717) is 50.5 Å². The largest absolute Gasteiger partial charge is 0.474 e. The molecule has 0 aromatic carbocycles. The van der Waals surface area contributed by atoms with Crippen LogP contribution in [0.15, 0.2) is 16.7 Å². The van der Waals surface area contributed by atoms with Crippen molar-refractivity contribution in [1.29, 1.82) is 0 Å². The minimum atomic E-state index is 0.395. The van der Waals surface area contributed by atoms with E-state index in [2.05, 4.69) is 20.9 Å². The fourth-order valence-corrected chi connectivity index (χ4v) is 1.85. The first-order valence-electron chi connectivity index (χ1n) is 5.82. The zero-order valence-corrected chi connectivity index (χ0v) is 13.1. The Labute approximate surface area is 126 Å². The van der Waals surface area contributed by atoms with Gasteiger partial charge in [-0.25, -0.2) is 4.98 Å². The Morgan fingerprint density at radius 2 is 1.74 bits per heavy atom. The number of hydrogen-bond donors (Lipinski definition) is 0. The lowest BCUT2D eigenvalue weighted by molar-refractivity contribution is 0.0176. The summed E-state index contributed by atoms with van der Waals surface area (Å²) in [5.41, 5.74) is 0. The zero-order valence-electron chi connectivity index (χ0n) is 10.7. The van der Waals surface area contributed by atoms with Crippen molar-refractivity contribution in [3.05, 3.63) is 21.8 Å². The van der Waals surface area contributed by atoms with Crippen molar-refractivity contribution in [2.75, 3.05) is 46.8 Å². The van der Waals surface area contributed by atoms with E-state index < -0.39 is 0 Å². The first kappa shape index (κ1) is 16.7. The standard InChI is InChI=1S/C12H17BrClNO4/c1-16-2-3-17-4-5-18-6-7-19-12-11(14)8-10(13)9-15-12/h8-9H,2-7H2,1H3. The van der Waals surface area contributed by atoms with Gasteiger partial charge in [-0.05, 0) is 22.0 Å². The van der Waals surface area contributed by atoms with Gasteiger partial charge >= 0.3 is 0 Å². The maximum absolute atomic E-state index is 5.95. The molecular weight excluding hydrogens is 337 g/mol. The molecule has 0 radical (unpaired) electrons. The minimum absolute atomic E-state index is 0.395. The van der Waals surface area contributed by atoms with Crippen molar-refractivity contribution in [1.82, 2.24) is 4.98 Å². The van der Waals surface area contributed by atoms with Crippen molar-refractivity contribution in [2.24, 2.45) is 0 Å². The molecule has 0 aliphatic heterocycles. The fraction of sp³-hybridized carbons (Fsp3) is 0.583. The molecule has 0 amide bonds. The lowest BCUT2D eigenvalue weighted by Crippen LogP contribution is -2.12. The first-order chi connectivity index (χ1) is 9.24. The third-order valence-electron chi connectivity index (χ3n) is 2.04. The highest BCUT2D eigenvalue weighted by atomic mass is 79.9. The van der Waals surface area contributed by atoms with Gasteiger partial charge in [0.25, 0.3) is 0 Å². The Balaban J connectivity index is 2.01. The molecule has 0 aliphatic rings. The summed E-state index contributed by atoms with van der Waals surface area (Å²) in [6.45, 7) is 3.09. The van der Waals surface area contributed by atoms with E-state index in [4.69, 9.17) is 30.5 Å². The molecule has 1 aromatic heterocycles. The van der Waals surface area contributed by atoms with Crippen molar-refractivity contribution < 1.29 is 18.9 Å². The molecule has 108 valence electrons. The van der Waals surface area contributed by atoms with Crippen LogP contribution in [-0.2, 0) is 14.2 Å². The Morgan fingerprint density at radius 3 is 2.37 bits per heavy atom. The number of nitrogens with zero attached hydrogens (tertiary/aromatic N) is 1. The smallest absolute Gasteiger partial charge is 0.232 e. The highest BCUT2D eigenvalue weighted by molar-refractivity contribution is 9.10. The molecule has 0 bridgehead atoms. The number of halogens is 2. The van der Waals surface area contributed by atoms with E-state index in [1.165, 1.54) is 0 Å². The summed E-state index contributed by atoms with van der Waals surface area (Å²) in [5.74, 6) is 0.407. The predicted octanol–water partition coefficient (Wildman–Crippen LogP) is 2.56. The molecule has 0 atom stereocenters. The molecule has 19 heavy (non-hydrogen) atoms. The van der Waals surface area contributed by atoms with Gasteiger partial charge in [0.1, 0.15) is 11.6 Å². The van der Waals surface area contributed by atoms with Crippen LogP contribution in [-0.4, -0.2) is 51.7 Å². The SMILES string of the molecule is COCCOCCOCCOc1ncc(Br)cc1Cl. The van der Waals surface area contributed by atoms with Crippen LogP contribution in [0.3, 0.4) is 0 Å². The average molecular weight is 355 g/mol. The van der Waals surface area contributed by atoms with Crippen LogP contribution >= 0.6 is 27.5 Å². The lowest BCUT2D eigenvalue weighted by atomic mass is 10.5. The molecule has 1 rings (SSSR count). The quantitative estimate of drug-likeness (QED) is 0.604. The Bertz CT molecular complexity index is 368. The summed E-state index contributed by atoms with van der Waals surface area (Å²) in [6, 6.07) is 1.73. The van der Waals surface area contributed by atoms with Crippen LogP contribution in [0.1, 0.15) is 0 Å². The molecule has 0 unspecified atom stereocenters. The number of methoxy groups -OCH3 is 1. The Kier molecular flexibility index (Phi) is 9.11. The summed E-state index contributed by atoms with van der Waals surface area (Å²) in [5, 5.41) is 0.470. The van der Waals surface area contributed by atoms with Gasteiger partial charge in [-0.3, -0.25) is 0 Å². The van der Waals surface area contributed by atoms with Gasteiger partial charge in [-0.1, -0.05) is 11.6 Å². The highest BCUT2D eigenvalue weighted by Gasteiger charge is 2.03. The number of hydrogen-bond acceptors (Lipinski definition) is 5. The molecule has 1 heterocycles. The molecule has 0 spiro atoms. The van der Waals surface area contributed by atoms with E-state index in [1.54, 1.807) is 19.4 Å². The fourth-order valence-electron chi connectivity index (χ4n) is 1.17. The molecule has 0 aliphatic carbocycles. The van der Waals surface area contributed by atoms with Gasteiger partial charge in [-0.15, -0.1) is 0 Å². The minimum Gasteiger partial charge on any atom is -0.474 e. The summed E-state index contributed by atoms with van der Waals surface area (Å²) in [6.07, 6.45) is 1.63. The van der Waals surface area contributed by atoms with E-state index in [0.717, 1.165) is 4.47 Å². The Morgan fingerprint density at radius 1 is 1.11 bits per heavy atom. The van der Waals surface area contributed by atoms with E-state index in [1.807, 2.05) is 0 Å². The molecule has 0 saturated heterocycles. The van der Waals surface area contributed by atoms with Crippen molar-refractivity contribution >= 4 is 27.5 Å². The van der Waals surface area contributed by atoms with Crippen LogP contribution in [0.2, 0.25) is 5.02 Å². The van der Waals surface area contributed by atoms with Crippen LogP contribution in [0.4, 0.5) is 0 Å². The maximum Gasteiger partial charge on any atom is 0.232 e. The van der Waals surface area contributed by atoms with Crippen LogP contribution in [0, 0.1) is 0 Å². The summed E-state index contributed by atoms with van der Waals surface area (Å²) < 4.78 is 21.6. The molecule has 7 heteroatoms. The van der Waals surface area contributed by atoms with E-state index >= 15 is 0 Å². The monoisotopic (exact) mass is 353 g/mol. The van der Waals surface area contributed by atoms with Gasteiger partial charge in [0.05, 0.1) is 33.0 Å². The lowest BCUT2D eigenvalue weighted by Gasteiger charge is -2.08. The van der Waals surface area contributed by atoms with Crippen LogP contribution in [0.5, 0.6) is 5.88 Å². The molecule has 1 aromatic rings. The topological polar surface area (TPSA) is 49.8 Å². The number of ether oxygens (including phenoxy) is 4. The Hall–Kier alpha value is -0.400. The zero-order chi connectivity index (χ0) is 13.9. The number of aromatic nitrogens is 1. The van der Waals surface area contributed by atoms with Crippen LogP contribution < -0.4 is 4.74 Å². The summed E-state index contributed by atoms with van der Waals surface area (Å²) in [4.78, 5) is 4.05. The predicted molar refractivity (Wildman–Crippen MR) is 76.0 cm³/mol. The average Bonchev–Trinajstić information content (AvgIpc) is 2.39. The molecule has 5 nitrogen and oxygen atoms in total. The van der Waals surface area contributed by atoms with E-state index in [9.17, 15) is 0 Å². The number of rotatable bonds is 10. The molecular formula is C12H17BrClNO4. The van der Waals surface area contributed by atoms with E-state index in [-0.39, 0.29) is 0 Å². The van der Waals surface area contributed by atoms with Crippen molar-refractivity contribution in [2.45, 2.75) is 0 Å². The highest BCUT2D eigenvalue weighted by Crippen LogP contribution is 2.24. The molecule has 0 N–H and O–H groups in total. The summed E-state index contributed by atoms with van der Waals surface area (Å²) in [7, 11) is 1.64. The first-order valence-corrected chi connectivity index (χ1v) is 6.99. The maximum atomic E-state index is 5.95. The van der Waals surface area contributed by atoms with Crippen molar-refractivity contribution in [3.63, 3.8) is 0 Å². The summed E-state index contributed by atoms with van der Waals surface area (Å²) >= 11 is 9.22. The van der Waals surface area contributed by atoms with Gasteiger partial charge in [0.15, 0.2) is 0 Å². The third-order valence-corrected chi connectivity index (χ3v) is 2.75. The van der Waals surface area contributed by atoms with Crippen molar-refractivity contribution in [3.8, 4) is 5.88 Å². The van der Waals surface area contributed by atoms with Gasteiger partial charge in [-0.2, -0.15) is 0 Å². The number of pyridine rings is 1. The second-order valence-corrected chi connectivity index (χ2v) is 4.83. The van der Waals surface area contributed by atoms with Crippen LogP contribution in [0.25, 0.3) is 0 Å². The normalized spacial score (nSPS) is 10.7. The second kappa shape index (κ2) is 10.4. The van der Waals surface area contributed by atoms with Gasteiger partial charge in [0, 0.05) is 17.8 Å². The van der Waals surface area contributed by atoms with Gasteiger partial charge in [0.2, 0.25) is 5.88 Å². The third kappa shape index (κ3) is 7.69. The molecule has 0 saturated carbocycles. The molecule has 0 fully saturated rings. The second-order valence-electron chi connectivity index (χ2n) is 3.51. The van der Waals surface area contributed by atoms with Gasteiger partial charge < -0.3 is 18.9 Å².